The molecule has 150 valence electrons. The van der Waals surface area contributed by atoms with E-state index in [1.807, 2.05) is 66.7 Å². The van der Waals surface area contributed by atoms with Gasteiger partial charge < -0.3 is 9.26 Å². The highest BCUT2D eigenvalue weighted by molar-refractivity contribution is 5.88. The first-order chi connectivity index (χ1) is 14.7. The molecule has 3 aromatic carbocycles. The quantitative estimate of drug-likeness (QED) is 0.484. The van der Waals surface area contributed by atoms with Crippen molar-refractivity contribution < 1.29 is 18.8 Å². The smallest absolute Gasteiger partial charge is 0.276 e. The number of para-hydroxylation sites is 2. The van der Waals surface area contributed by atoms with E-state index in [-0.39, 0.29) is 13.0 Å². The Labute approximate surface area is 172 Å². The van der Waals surface area contributed by atoms with E-state index in [1.54, 1.807) is 12.1 Å². The minimum absolute atomic E-state index is 0.0189. The molecule has 30 heavy (non-hydrogen) atoms. The molecule has 0 aliphatic rings. The van der Waals surface area contributed by atoms with Crippen molar-refractivity contribution >= 4 is 22.8 Å². The Morgan fingerprint density at radius 1 is 0.833 bits per heavy atom. The number of nitrogens with zero attached hydrogens (tertiary/aromatic N) is 1. The van der Waals surface area contributed by atoms with Gasteiger partial charge in [0, 0.05) is 10.9 Å². The molecule has 0 saturated heterocycles. The molecule has 4 rings (SSSR count). The zero-order valence-electron chi connectivity index (χ0n) is 16.0. The molecular weight excluding hydrogens is 382 g/mol. The van der Waals surface area contributed by atoms with Crippen molar-refractivity contribution in [1.29, 1.82) is 0 Å². The Morgan fingerprint density at radius 2 is 1.53 bits per heavy atom. The summed E-state index contributed by atoms with van der Waals surface area (Å²) in [4.78, 5) is 24.2. The van der Waals surface area contributed by atoms with Crippen LogP contribution >= 0.6 is 0 Å². The number of hydrazine groups is 1. The standard InChI is InChI=1S/C23H19N3O4/c27-22(14-19-18-11-5-7-13-21(18)30-26-19)24-25-23(28)15-29-20-12-6-4-10-17(20)16-8-2-1-3-9-16/h1-13H,14-15H2,(H,24,27)(H,25,28). The molecule has 0 atom stereocenters. The number of benzene rings is 3. The molecule has 7 nitrogen and oxygen atoms in total. The first-order valence-electron chi connectivity index (χ1n) is 9.39. The number of ether oxygens (including phenoxy) is 1. The maximum atomic E-state index is 12.1. The summed E-state index contributed by atoms with van der Waals surface area (Å²) in [6, 6.07) is 24.5. The number of carbonyl (C=O) groups is 2. The lowest BCUT2D eigenvalue weighted by Crippen LogP contribution is -2.44. The van der Waals surface area contributed by atoms with Crippen LogP contribution in [0.5, 0.6) is 5.75 Å². The normalized spacial score (nSPS) is 10.5. The van der Waals surface area contributed by atoms with E-state index in [4.69, 9.17) is 9.26 Å². The zero-order chi connectivity index (χ0) is 20.8. The highest BCUT2D eigenvalue weighted by atomic mass is 16.5. The number of hydrogen-bond acceptors (Lipinski definition) is 5. The fourth-order valence-electron chi connectivity index (χ4n) is 3.03. The van der Waals surface area contributed by atoms with Crippen LogP contribution in [0.1, 0.15) is 5.69 Å². The van der Waals surface area contributed by atoms with Crippen LogP contribution in [0.25, 0.3) is 22.1 Å². The van der Waals surface area contributed by atoms with E-state index in [0.717, 1.165) is 16.5 Å². The van der Waals surface area contributed by atoms with E-state index < -0.39 is 11.8 Å². The number of hydrogen-bond donors (Lipinski definition) is 2. The fraction of sp³-hybridized carbons (Fsp3) is 0.0870. The first-order valence-corrected chi connectivity index (χ1v) is 9.39. The van der Waals surface area contributed by atoms with Gasteiger partial charge in [0.15, 0.2) is 12.2 Å². The summed E-state index contributed by atoms with van der Waals surface area (Å²) in [6.07, 6.45) is -0.0189. The monoisotopic (exact) mass is 401 g/mol. The summed E-state index contributed by atoms with van der Waals surface area (Å²) in [5.74, 6) is -0.303. The van der Waals surface area contributed by atoms with Crippen molar-refractivity contribution in [3.8, 4) is 16.9 Å². The lowest BCUT2D eigenvalue weighted by Gasteiger charge is -2.12. The molecular formula is C23H19N3O4. The second kappa shape index (κ2) is 8.91. The lowest BCUT2D eigenvalue weighted by molar-refractivity contribution is -0.129. The van der Waals surface area contributed by atoms with Crippen molar-refractivity contribution in [1.82, 2.24) is 16.0 Å². The summed E-state index contributed by atoms with van der Waals surface area (Å²) in [6.45, 7) is -0.239. The maximum absolute atomic E-state index is 12.1. The molecule has 0 radical (unpaired) electrons. The number of aromatic nitrogens is 1. The fourth-order valence-corrected chi connectivity index (χ4v) is 3.03. The van der Waals surface area contributed by atoms with E-state index in [9.17, 15) is 9.59 Å². The number of carbonyl (C=O) groups excluding carboxylic acids is 2. The zero-order valence-corrected chi connectivity index (χ0v) is 16.0. The molecule has 0 unspecified atom stereocenters. The van der Waals surface area contributed by atoms with Gasteiger partial charge in [-0.3, -0.25) is 20.4 Å². The van der Waals surface area contributed by atoms with Crippen molar-refractivity contribution in [3.05, 3.63) is 84.6 Å². The van der Waals surface area contributed by atoms with Gasteiger partial charge in [-0.15, -0.1) is 0 Å². The minimum atomic E-state index is -0.476. The van der Waals surface area contributed by atoms with Crippen molar-refractivity contribution in [3.63, 3.8) is 0 Å². The van der Waals surface area contributed by atoms with Gasteiger partial charge in [0.2, 0.25) is 5.91 Å². The summed E-state index contributed by atoms with van der Waals surface area (Å²) in [5.41, 5.74) is 7.70. The van der Waals surface area contributed by atoms with Gasteiger partial charge in [-0.2, -0.15) is 0 Å². The SMILES string of the molecule is O=C(COc1ccccc1-c1ccccc1)NNC(=O)Cc1noc2ccccc12. The molecule has 1 heterocycles. The van der Waals surface area contributed by atoms with E-state index in [2.05, 4.69) is 16.0 Å². The van der Waals surface area contributed by atoms with E-state index >= 15 is 0 Å². The van der Waals surface area contributed by atoms with Crippen molar-refractivity contribution in [2.75, 3.05) is 6.61 Å². The Kier molecular flexibility index (Phi) is 5.70. The molecule has 7 heteroatoms. The average molecular weight is 401 g/mol. The highest BCUT2D eigenvalue weighted by Crippen LogP contribution is 2.29. The lowest BCUT2D eigenvalue weighted by atomic mass is 10.1. The third-order valence-corrected chi connectivity index (χ3v) is 4.45. The average Bonchev–Trinajstić information content (AvgIpc) is 3.20. The Balaban J connectivity index is 1.30. The van der Waals surface area contributed by atoms with Gasteiger partial charge in [-0.05, 0) is 23.8 Å². The van der Waals surface area contributed by atoms with Gasteiger partial charge in [0.05, 0.1) is 6.42 Å². The molecule has 0 aliphatic heterocycles. The van der Waals surface area contributed by atoms with Crippen LogP contribution in [-0.4, -0.2) is 23.6 Å². The molecule has 4 aromatic rings. The Morgan fingerprint density at radius 3 is 2.40 bits per heavy atom. The topological polar surface area (TPSA) is 93.5 Å². The molecule has 0 saturated carbocycles. The third-order valence-electron chi connectivity index (χ3n) is 4.45. The van der Waals surface area contributed by atoms with Gasteiger partial charge in [0.25, 0.3) is 5.91 Å². The van der Waals surface area contributed by atoms with Crippen LogP contribution in [0.3, 0.4) is 0 Å². The van der Waals surface area contributed by atoms with Crippen molar-refractivity contribution in [2.45, 2.75) is 6.42 Å². The van der Waals surface area contributed by atoms with Crippen LogP contribution in [0, 0.1) is 0 Å². The summed E-state index contributed by atoms with van der Waals surface area (Å²) >= 11 is 0. The van der Waals surface area contributed by atoms with Crippen LogP contribution in [-0.2, 0) is 16.0 Å². The molecule has 0 spiro atoms. The maximum Gasteiger partial charge on any atom is 0.276 e. The first kappa shape index (κ1) is 19.2. The van der Waals surface area contributed by atoms with Crippen LogP contribution in [0.2, 0.25) is 0 Å². The second-order valence-electron chi connectivity index (χ2n) is 6.55. The molecule has 0 bridgehead atoms. The molecule has 1 aromatic heterocycles. The van der Waals surface area contributed by atoms with Gasteiger partial charge in [-0.1, -0.05) is 65.8 Å². The minimum Gasteiger partial charge on any atom is -0.483 e. The van der Waals surface area contributed by atoms with Crippen LogP contribution in [0.4, 0.5) is 0 Å². The molecule has 0 aliphatic carbocycles. The van der Waals surface area contributed by atoms with Crippen LogP contribution in [0.15, 0.2) is 83.4 Å². The van der Waals surface area contributed by atoms with Gasteiger partial charge in [0.1, 0.15) is 11.4 Å². The summed E-state index contributed by atoms with van der Waals surface area (Å²) in [5, 5.41) is 4.67. The number of rotatable bonds is 6. The van der Waals surface area contributed by atoms with Gasteiger partial charge in [-0.25, -0.2) is 0 Å². The van der Waals surface area contributed by atoms with Crippen LogP contribution < -0.4 is 15.6 Å². The second-order valence-corrected chi connectivity index (χ2v) is 6.55. The molecule has 2 N–H and O–H groups in total. The van der Waals surface area contributed by atoms with E-state index in [1.165, 1.54) is 0 Å². The summed E-state index contributed by atoms with van der Waals surface area (Å²) in [7, 11) is 0. The Bertz CT molecular complexity index is 1170. The molecule has 2 amide bonds. The summed E-state index contributed by atoms with van der Waals surface area (Å²) < 4.78 is 10.8. The molecule has 0 fully saturated rings. The predicted octanol–water partition coefficient (Wildman–Crippen LogP) is 3.26. The largest absolute Gasteiger partial charge is 0.483 e. The third kappa shape index (κ3) is 4.47. The Hall–Kier alpha value is -4.13. The van der Waals surface area contributed by atoms with Gasteiger partial charge >= 0.3 is 0 Å². The highest BCUT2D eigenvalue weighted by Gasteiger charge is 2.13. The predicted molar refractivity (Wildman–Crippen MR) is 111 cm³/mol. The number of nitrogens with one attached hydrogen (secondary N) is 2. The van der Waals surface area contributed by atoms with E-state index in [0.29, 0.717) is 17.0 Å². The number of fused-ring (bicyclic) bond motifs is 1. The number of amides is 2. The van der Waals surface area contributed by atoms with Crippen molar-refractivity contribution in [2.24, 2.45) is 0 Å².